The van der Waals surface area contributed by atoms with Crippen molar-refractivity contribution in [3.05, 3.63) is 89.1 Å². The van der Waals surface area contributed by atoms with E-state index in [4.69, 9.17) is 4.74 Å². The molecule has 0 fully saturated rings. The Labute approximate surface area is 181 Å². The predicted molar refractivity (Wildman–Crippen MR) is 112 cm³/mol. The molecule has 8 heteroatoms. The number of halogens is 3. The molecule has 0 saturated carbocycles. The highest BCUT2D eigenvalue weighted by atomic mass is 19.4. The van der Waals surface area contributed by atoms with Crippen molar-refractivity contribution < 1.29 is 22.7 Å². The summed E-state index contributed by atoms with van der Waals surface area (Å²) >= 11 is 0. The van der Waals surface area contributed by atoms with E-state index in [9.17, 15) is 18.0 Å². The van der Waals surface area contributed by atoms with Gasteiger partial charge in [0.1, 0.15) is 0 Å². The number of carbonyl (C=O) groups is 1. The first kappa shape index (κ1) is 20.1. The van der Waals surface area contributed by atoms with Crippen LogP contribution >= 0.6 is 0 Å². The quantitative estimate of drug-likeness (QED) is 0.442. The van der Waals surface area contributed by atoms with Gasteiger partial charge in [-0.25, -0.2) is 0 Å². The van der Waals surface area contributed by atoms with Gasteiger partial charge in [0.25, 0.3) is 5.91 Å². The lowest BCUT2D eigenvalue weighted by Crippen LogP contribution is -2.23. The van der Waals surface area contributed by atoms with Crippen LogP contribution in [0, 0.1) is 0 Å². The molecule has 2 aromatic heterocycles. The summed E-state index contributed by atoms with van der Waals surface area (Å²) in [7, 11) is 1.38. The lowest BCUT2D eigenvalue weighted by molar-refractivity contribution is -0.141. The van der Waals surface area contributed by atoms with Crippen LogP contribution in [0.15, 0.2) is 66.7 Å². The number of rotatable bonds is 4. The van der Waals surface area contributed by atoms with E-state index in [1.165, 1.54) is 7.11 Å². The number of fused-ring (bicyclic) bond motifs is 2. The summed E-state index contributed by atoms with van der Waals surface area (Å²) in [5.74, 6) is 0.142. The first-order valence-electron chi connectivity index (χ1n) is 9.95. The lowest BCUT2D eigenvalue weighted by atomic mass is 10.00. The van der Waals surface area contributed by atoms with Crippen LogP contribution in [0.2, 0.25) is 0 Å². The van der Waals surface area contributed by atoms with Crippen LogP contribution in [0.5, 0.6) is 5.88 Å². The standard InChI is InChI=1S/C24H18F3N3O2/c1-32-22-10-9-18(20-12-21(24(25,26)27)28-30(20)22)16-7-8-19-17(11-16)14-29(23(19)31)13-15-5-3-2-4-6-15/h2-12H,13-14H2,1H3. The smallest absolute Gasteiger partial charge is 0.435 e. The third-order valence-corrected chi connectivity index (χ3v) is 5.60. The van der Waals surface area contributed by atoms with E-state index >= 15 is 0 Å². The maximum absolute atomic E-state index is 13.3. The van der Waals surface area contributed by atoms with Crippen molar-refractivity contribution in [1.29, 1.82) is 0 Å². The summed E-state index contributed by atoms with van der Waals surface area (Å²) in [5.41, 5.74) is 3.05. The van der Waals surface area contributed by atoms with Gasteiger partial charge in [-0.2, -0.15) is 22.8 Å². The van der Waals surface area contributed by atoms with Gasteiger partial charge in [0.05, 0.1) is 12.6 Å². The number of aromatic nitrogens is 2. The second-order valence-electron chi connectivity index (χ2n) is 7.63. The second kappa shape index (κ2) is 7.40. The van der Waals surface area contributed by atoms with E-state index in [-0.39, 0.29) is 17.3 Å². The Bertz CT molecular complexity index is 1330. The molecule has 0 saturated heterocycles. The number of hydrogen-bond donors (Lipinski definition) is 0. The largest absolute Gasteiger partial charge is 0.481 e. The van der Waals surface area contributed by atoms with E-state index < -0.39 is 11.9 Å². The molecule has 1 amide bonds. The summed E-state index contributed by atoms with van der Waals surface area (Å²) in [6.45, 7) is 0.935. The maximum Gasteiger partial charge on any atom is 0.435 e. The fourth-order valence-electron chi connectivity index (χ4n) is 4.07. The molecule has 1 aliphatic rings. The Kier molecular flexibility index (Phi) is 4.65. The summed E-state index contributed by atoms with van der Waals surface area (Å²) in [4.78, 5) is 14.6. The molecule has 32 heavy (non-hydrogen) atoms. The molecular formula is C24H18F3N3O2. The first-order valence-corrected chi connectivity index (χ1v) is 9.95. The van der Waals surface area contributed by atoms with Crippen molar-refractivity contribution in [2.45, 2.75) is 19.3 Å². The minimum absolute atomic E-state index is 0.0565. The Morgan fingerprint density at radius 2 is 1.75 bits per heavy atom. The average Bonchev–Trinajstić information content (AvgIpc) is 3.36. The highest BCUT2D eigenvalue weighted by Gasteiger charge is 2.35. The van der Waals surface area contributed by atoms with Crippen LogP contribution in [0.25, 0.3) is 16.6 Å². The van der Waals surface area contributed by atoms with Crippen LogP contribution in [-0.2, 0) is 19.3 Å². The topological polar surface area (TPSA) is 46.8 Å². The number of amides is 1. The molecule has 4 aromatic rings. The van der Waals surface area contributed by atoms with Crippen molar-refractivity contribution in [2.75, 3.05) is 7.11 Å². The SMILES string of the molecule is COc1ccc(-c2ccc3c(c2)CN(Cc2ccccc2)C3=O)c2cc(C(F)(F)F)nn12. The van der Waals surface area contributed by atoms with Gasteiger partial charge in [-0.3, -0.25) is 4.79 Å². The number of hydrogen-bond acceptors (Lipinski definition) is 3. The van der Waals surface area contributed by atoms with Gasteiger partial charge in [-0.05, 0) is 41.0 Å². The zero-order valence-electron chi connectivity index (χ0n) is 17.1. The monoisotopic (exact) mass is 437 g/mol. The molecule has 0 aliphatic carbocycles. The molecule has 0 N–H and O–H groups in total. The van der Waals surface area contributed by atoms with Crippen LogP contribution in [-0.4, -0.2) is 27.5 Å². The van der Waals surface area contributed by atoms with Crippen molar-refractivity contribution in [1.82, 2.24) is 14.5 Å². The predicted octanol–water partition coefficient (Wildman–Crippen LogP) is 5.18. The highest BCUT2D eigenvalue weighted by molar-refractivity contribution is 5.99. The number of methoxy groups -OCH3 is 1. The van der Waals surface area contributed by atoms with E-state index in [0.29, 0.717) is 29.8 Å². The summed E-state index contributed by atoms with van der Waals surface area (Å²) in [5, 5.41) is 3.69. The average molecular weight is 437 g/mol. The zero-order valence-corrected chi connectivity index (χ0v) is 17.1. The molecule has 0 radical (unpaired) electrons. The second-order valence-corrected chi connectivity index (χ2v) is 7.63. The number of nitrogens with zero attached hydrogens (tertiary/aromatic N) is 3. The van der Waals surface area contributed by atoms with Gasteiger partial charge in [0.2, 0.25) is 5.88 Å². The Balaban J connectivity index is 1.53. The molecule has 0 spiro atoms. The third kappa shape index (κ3) is 3.37. The van der Waals surface area contributed by atoms with E-state index in [1.807, 2.05) is 36.4 Å². The number of carbonyl (C=O) groups excluding carboxylic acids is 1. The van der Waals surface area contributed by atoms with E-state index in [2.05, 4.69) is 5.10 Å². The van der Waals surface area contributed by atoms with E-state index in [1.54, 1.807) is 29.2 Å². The van der Waals surface area contributed by atoms with Gasteiger partial charge >= 0.3 is 6.18 Å². The molecule has 3 heterocycles. The van der Waals surface area contributed by atoms with Crippen molar-refractivity contribution in [3.63, 3.8) is 0 Å². The van der Waals surface area contributed by atoms with Crippen LogP contribution < -0.4 is 4.74 Å². The minimum Gasteiger partial charge on any atom is -0.481 e. The molecular weight excluding hydrogens is 419 g/mol. The van der Waals surface area contributed by atoms with Gasteiger partial charge < -0.3 is 9.64 Å². The molecule has 5 rings (SSSR count). The summed E-state index contributed by atoms with van der Waals surface area (Å²) < 4.78 is 46.2. The summed E-state index contributed by atoms with van der Waals surface area (Å²) in [6.07, 6.45) is -4.57. The summed E-state index contributed by atoms with van der Waals surface area (Å²) in [6, 6.07) is 19.4. The molecule has 0 bridgehead atoms. The van der Waals surface area contributed by atoms with Crippen molar-refractivity contribution in [2.24, 2.45) is 0 Å². The number of benzene rings is 2. The molecule has 1 aliphatic heterocycles. The maximum atomic E-state index is 13.3. The van der Waals surface area contributed by atoms with E-state index in [0.717, 1.165) is 21.7 Å². The Morgan fingerprint density at radius 1 is 1.00 bits per heavy atom. The minimum atomic E-state index is -4.57. The van der Waals surface area contributed by atoms with Crippen LogP contribution in [0.1, 0.15) is 27.2 Å². The molecule has 162 valence electrons. The zero-order chi connectivity index (χ0) is 22.5. The van der Waals surface area contributed by atoms with Crippen LogP contribution in [0.3, 0.4) is 0 Å². The fourth-order valence-corrected chi connectivity index (χ4v) is 4.07. The van der Waals surface area contributed by atoms with Gasteiger partial charge in [0, 0.05) is 30.3 Å². The van der Waals surface area contributed by atoms with Gasteiger partial charge in [-0.1, -0.05) is 36.4 Å². The number of alkyl halides is 3. The molecule has 5 nitrogen and oxygen atoms in total. The first-order chi connectivity index (χ1) is 15.3. The Morgan fingerprint density at radius 3 is 2.47 bits per heavy atom. The number of ether oxygens (including phenoxy) is 1. The van der Waals surface area contributed by atoms with Crippen molar-refractivity contribution >= 4 is 11.4 Å². The lowest BCUT2D eigenvalue weighted by Gasteiger charge is -2.15. The van der Waals surface area contributed by atoms with Gasteiger partial charge in [0.15, 0.2) is 5.69 Å². The normalized spacial score (nSPS) is 13.6. The third-order valence-electron chi connectivity index (χ3n) is 5.60. The van der Waals surface area contributed by atoms with Crippen LogP contribution in [0.4, 0.5) is 13.2 Å². The molecule has 0 unspecified atom stereocenters. The Hall–Kier alpha value is -3.81. The fraction of sp³-hybridized carbons (Fsp3) is 0.167. The van der Waals surface area contributed by atoms with Gasteiger partial charge in [-0.15, -0.1) is 0 Å². The molecule has 0 atom stereocenters. The number of pyridine rings is 1. The molecule has 2 aromatic carbocycles. The highest BCUT2D eigenvalue weighted by Crippen LogP contribution is 2.36. The van der Waals surface area contributed by atoms with Crippen molar-refractivity contribution in [3.8, 4) is 17.0 Å².